The number of aryl methyl sites for hydroxylation is 1. The molecule has 1 saturated heterocycles. The lowest BCUT2D eigenvalue weighted by Gasteiger charge is -2.09. The van der Waals surface area contributed by atoms with Gasteiger partial charge in [0.2, 0.25) is 0 Å². The van der Waals surface area contributed by atoms with Crippen LogP contribution in [0.5, 0.6) is 0 Å². The lowest BCUT2D eigenvalue weighted by atomic mass is 10.2. The highest BCUT2D eigenvalue weighted by molar-refractivity contribution is 7.99. The summed E-state index contributed by atoms with van der Waals surface area (Å²) < 4.78 is 5.60. The second kappa shape index (κ2) is 5.60. The van der Waals surface area contributed by atoms with Crippen molar-refractivity contribution in [3.8, 4) is 0 Å². The average Bonchev–Trinajstić information content (AvgIpc) is 2.76. The zero-order valence-electron chi connectivity index (χ0n) is 9.74. The van der Waals surface area contributed by atoms with Gasteiger partial charge in [-0.3, -0.25) is 0 Å². The number of hydrogen-bond acceptors (Lipinski definition) is 3. The van der Waals surface area contributed by atoms with E-state index in [-0.39, 0.29) is 0 Å². The van der Waals surface area contributed by atoms with Crippen LogP contribution >= 0.6 is 11.8 Å². The molecule has 3 heteroatoms. The van der Waals surface area contributed by atoms with Crippen LogP contribution in [-0.2, 0) is 4.74 Å². The summed E-state index contributed by atoms with van der Waals surface area (Å²) in [6.07, 6.45) is 4.13. The lowest BCUT2D eigenvalue weighted by Crippen LogP contribution is -2.05. The maximum Gasteiger partial charge on any atom is 0.0584 e. The van der Waals surface area contributed by atoms with E-state index in [1.165, 1.54) is 23.3 Å². The second-order valence-corrected chi connectivity index (χ2v) is 5.46. The molecule has 1 aliphatic rings. The van der Waals surface area contributed by atoms with Crippen LogP contribution in [0, 0.1) is 6.92 Å². The largest absolute Gasteiger partial charge is 0.399 e. The van der Waals surface area contributed by atoms with Crippen LogP contribution < -0.4 is 5.73 Å². The summed E-state index contributed by atoms with van der Waals surface area (Å²) in [5, 5.41) is 0. The molecule has 2 nitrogen and oxygen atoms in total. The first-order valence-electron chi connectivity index (χ1n) is 5.86. The van der Waals surface area contributed by atoms with Gasteiger partial charge in [0.1, 0.15) is 0 Å². The van der Waals surface area contributed by atoms with Gasteiger partial charge in [-0.15, -0.1) is 11.8 Å². The molecule has 1 fully saturated rings. The molecule has 1 atom stereocenters. The summed E-state index contributed by atoms with van der Waals surface area (Å²) in [7, 11) is 0. The first-order chi connectivity index (χ1) is 7.75. The fourth-order valence-corrected chi connectivity index (χ4v) is 2.96. The fourth-order valence-electron chi connectivity index (χ4n) is 1.92. The van der Waals surface area contributed by atoms with Crippen molar-refractivity contribution in [1.82, 2.24) is 0 Å². The quantitative estimate of drug-likeness (QED) is 0.645. The fraction of sp³-hybridized carbons (Fsp3) is 0.538. The van der Waals surface area contributed by atoms with Crippen LogP contribution in [0.15, 0.2) is 23.1 Å². The number of nitrogen functional groups attached to an aromatic ring is 1. The highest BCUT2D eigenvalue weighted by Crippen LogP contribution is 2.25. The van der Waals surface area contributed by atoms with Crippen molar-refractivity contribution >= 4 is 17.4 Å². The number of nitrogens with two attached hydrogens (primary N) is 1. The molecule has 0 amide bonds. The molecule has 1 aliphatic heterocycles. The molecule has 2 N–H and O–H groups in total. The summed E-state index contributed by atoms with van der Waals surface area (Å²) in [6.45, 7) is 3.01. The smallest absolute Gasteiger partial charge is 0.0584 e. The number of hydrogen-bond donors (Lipinski definition) is 1. The van der Waals surface area contributed by atoms with Crippen molar-refractivity contribution in [2.24, 2.45) is 0 Å². The first kappa shape index (κ1) is 11.8. The Hall–Kier alpha value is -0.670. The Bertz CT molecular complexity index is 348. The molecule has 0 bridgehead atoms. The van der Waals surface area contributed by atoms with Crippen molar-refractivity contribution in [2.45, 2.75) is 37.2 Å². The maximum atomic E-state index is 5.79. The minimum atomic E-state index is 0.502. The monoisotopic (exact) mass is 237 g/mol. The lowest BCUT2D eigenvalue weighted by molar-refractivity contribution is 0.109. The standard InChI is InChI=1S/C13H19NOS/c1-10-9-12(4-5-13(10)14)16-8-6-11-3-2-7-15-11/h4-5,9,11H,2-3,6-8,14H2,1H3. The molecule has 0 aromatic heterocycles. The van der Waals surface area contributed by atoms with Gasteiger partial charge in [0, 0.05) is 22.9 Å². The topological polar surface area (TPSA) is 35.2 Å². The molecule has 0 saturated carbocycles. The van der Waals surface area contributed by atoms with E-state index in [0.717, 1.165) is 24.5 Å². The van der Waals surface area contributed by atoms with Crippen molar-refractivity contribution in [1.29, 1.82) is 0 Å². The van der Waals surface area contributed by atoms with Gasteiger partial charge in [0.05, 0.1) is 6.10 Å². The third kappa shape index (κ3) is 3.16. The van der Waals surface area contributed by atoms with E-state index in [1.807, 2.05) is 17.8 Å². The summed E-state index contributed by atoms with van der Waals surface area (Å²) in [5.74, 6) is 1.13. The van der Waals surface area contributed by atoms with Gasteiger partial charge in [-0.25, -0.2) is 0 Å². The number of rotatable bonds is 4. The van der Waals surface area contributed by atoms with Crippen LogP contribution in [0.1, 0.15) is 24.8 Å². The van der Waals surface area contributed by atoms with Crippen molar-refractivity contribution in [3.05, 3.63) is 23.8 Å². The zero-order chi connectivity index (χ0) is 11.4. The predicted molar refractivity (Wildman–Crippen MR) is 69.9 cm³/mol. The van der Waals surface area contributed by atoms with E-state index >= 15 is 0 Å². The Balaban J connectivity index is 1.78. The van der Waals surface area contributed by atoms with Gasteiger partial charge in [-0.2, -0.15) is 0 Å². The second-order valence-electron chi connectivity index (χ2n) is 4.29. The Labute approximate surface area is 102 Å². The van der Waals surface area contributed by atoms with E-state index in [1.54, 1.807) is 0 Å². The molecule has 1 aromatic carbocycles. The number of benzene rings is 1. The van der Waals surface area contributed by atoms with E-state index in [2.05, 4.69) is 19.1 Å². The van der Waals surface area contributed by atoms with E-state index in [4.69, 9.17) is 10.5 Å². The molecule has 0 radical (unpaired) electrons. The molecule has 0 spiro atoms. The first-order valence-corrected chi connectivity index (χ1v) is 6.85. The minimum Gasteiger partial charge on any atom is -0.399 e. The van der Waals surface area contributed by atoms with Gasteiger partial charge >= 0.3 is 0 Å². The Morgan fingerprint density at radius 1 is 1.50 bits per heavy atom. The average molecular weight is 237 g/mol. The highest BCUT2D eigenvalue weighted by atomic mass is 32.2. The van der Waals surface area contributed by atoms with E-state index < -0.39 is 0 Å². The highest BCUT2D eigenvalue weighted by Gasteiger charge is 2.14. The molecular formula is C13H19NOS. The number of thioether (sulfide) groups is 1. The summed E-state index contributed by atoms with van der Waals surface area (Å²) in [5.41, 5.74) is 7.83. The molecule has 0 aliphatic carbocycles. The molecule has 88 valence electrons. The molecule has 2 rings (SSSR count). The van der Waals surface area contributed by atoms with Gasteiger partial charge in [0.25, 0.3) is 0 Å². The van der Waals surface area contributed by atoms with Gasteiger partial charge in [0.15, 0.2) is 0 Å². The van der Waals surface area contributed by atoms with E-state index in [9.17, 15) is 0 Å². The Morgan fingerprint density at radius 3 is 3.06 bits per heavy atom. The van der Waals surface area contributed by atoms with E-state index in [0.29, 0.717) is 6.10 Å². The Kier molecular flexibility index (Phi) is 4.13. The van der Waals surface area contributed by atoms with Crippen molar-refractivity contribution in [2.75, 3.05) is 18.1 Å². The zero-order valence-corrected chi connectivity index (χ0v) is 10.6. The predicted octanol–water partition coefficient (Wildman–Crippen LogP) is 3.24. The van der Waals surface area contributed by atoms with Gasteiger partial charge in [-0.05, 0) is 49.9 Å². The molecular weight excluding hydrogens is 218 g/mol. The summed E-state index contributed by atoms with van der Waals surface area (Å²) in [6, 6.07) is 6.25. The van der Waals surface area contributed by atoms with Crippen LogP contribution in [0.3, 0.4) is 0 Å². The minimum absolute atomic E-state index is 0.502. The number of anilines is 1. The van der Waals surface area contributed by atoms with Crippen LogP contribution in [0.4, 0.5) is 5.69 Å². The third-order valence-electron chi connectivity index (χ3n) is 2.97. The molecule has 16 heavy (non-hydrogen) atoms. The third-order valence-corrected chi connectivity index (χ3v) is 4.00. The normalized spacial score (nSPS) is 20.2. The maximum absolute atomic E-state index is 5.79. The van der Waals surface area contributed by atoms with Gasteiger partial charge < -0.3 is 10.5 Å². The number of ether oxygens (including phenoxy) is 1. The van der Waals surface area contributed by atoms with Crippen LogP contribution in [-0.4, -0.2) is 18.5 Å². The summed E-state index contributed by atoms with van der Waals surface area (Å²) in [4.78, 5) is 1.31. The molecule has 1 aromatic rings. The molecule has 1 unspecified atom stereocenters. The van der Waals surface area contributed by atoms with Gasteiger partial charge in [-0.1, -0.05) is 0 Å². The van der Waals surface area contributed by atoms with Crippen molar-refractivity contribution < 1.29 is 4.74 Å². The SMILES string of the molecule is Cc1cc(SCCC2CCCO2)ccc1N. The summed E-state index contributed by atoms with van der Waals surface area (Å²) >= 11 is 1.89. The molecule has 1 heterocycles. The van der Waals surface area contributed by atoms with Crippen LogP contribution in [0.25, 0.3) is 0 Å². The van der Waals surface area contributed by atoms with Crippen molar-refractivity contribution in [3.63, 3.8) is 0 Å². The van der Waals surface area contributed by atoms with Crippen LogP contribution in [0.2, 0.25) is 0 Å². The Morgan fingerprint density at radius 2 is 2.38 bits per heavy atom.